The molecule has 1 aliphatic rings. The molecule has 0 aliphatic carbocycles. The minimum atomic E-state index is -0.270. The number of aromatic amines is 1. The highest BCUT2D eigenvalue weighted by Crippen LogP contribution is 2.11. The van der Waals surface area contributed by atoms with Gasteiger partial charge in [0, 0.05) is 11.8 Å². The molecule has 3 rings (SSSR count). The molecule has 0 radical (unpaired) electrons. The first kappa shape index (κ1) is 9.14. The maximum absolute atomic E-state index is 12.0. The largest absolute Gasteiger partial charge is 0.346 e. The number of hydrogen-bond donors (Lipinski definition) is 2. The van der Waals surface area contributed by atoms with Gasteiger partial charge in [-0.15, -0.1) is 0 Å². The van der Waals surface area contributed by atoms with Gasteiger partial charge in [-0.25, -0.2) is 9.50 Å². The second-order valence-electron chi connectivity index (χ2n) is 3.76. The smallest absolute Gasteiger partial charge is 0.278 e. The molecule has 2 N–H and O–H groups in total. The average Bonchev–Trinajstić information content (AvgIpc) is 2.84. The summed E-state index contributed by atoms with van der Waals surface area (Å²) in [5, 5.41) is 5.55. The summed E-state index contributed by atoms with van der Waals surface area (Å²) in [6, 6.07) is 1.78. The van der Waals surface area contributed by atoms with Crippen LogP contribution in [0.2, 0.25) is 0 Å². The molecule has 2 aromatic rings. The Hall–Kier alpha value is -2.11. The van der Waals surface area contributed by atoms with Crippen molar-refractivity contribution >= 4 is 11.6 Å². The van der Waals surface area contributed by atoms with Crippen LogP contribution in [0.4, 0.5) is 0 Å². The molecular weight excluding hydrogens is 208 g/mol. The maximum atomic E-state index is 12.0. The maximum Gasteiger partial charge on any atom is 0.278 e. The Morgan fingerprint density at radius 1 is 1.50 bits per heavy atom. The number of rotatable bonds is 1. The number of aryl methyl sites for hydroxylation is 1. The Morgan fingerprint density at radius 3 is 3.06 bits per heavy atom. The molecule has 0 saturated carbocycles. The Morgan fingerprint density at radius 2 is 2.31 bits per heavy atom. The summed E-state index contributed by atoms with van der Waals surface area (Å²) < 4.78 is 1.39. The van der Waals surface area contributed by atoms with Gasteiger partial charge in [-0.3, -0.25) is 14.7 Å². The number of amides is 1. The summed E-state index contributed by atoms with van der Waals surface area (Å²) in [6.07, 6.45) is 0.791. The van der Waals surface area contributed by atoms with E-state index >= 15 is 0 Å². The zero-order valence-electron chi connectivity index (χ0n) is 8.70. The molecule has 0 aromatic carbocycles. The molecule has 1 amide bonds. The van der Waals surface area contributed by atoms with Gasteiger partial charge in [0.05, 0.1) is 12.1 Å². The molecule has 0 unspecified atom stereocenters. The SMILES string of the molecule is CCc1cc2nc3c(c(=O)n2[nH]1)CNC3=O. The van der Waals surface area contributed by atoms with Crippen molar-refractivity contribution in [1.82, 2.24) is 19.9 Å². The minimum absolute atomic E-state index is 0.196. The highest BCUT2D eigenvalue weighted by atomic mass is 16.2. The van der Waals surface area contributed by atoms with Gasteiger partial charge in [0.2, 0.25) is 0 Å². The van der Waals surface area contributed by atoms with Gasteiger partial charge >= 0.3 is 0 Å². The Labute approximate surface area is 90.3 Å². The lowest BCUT2D eigenvalue weighted by molar-refractivity contribution is 0.0961. The first-order valence-corrected chi connectivity index (χ1v) is 5.12. The number of nitrogens with one attached hydrogen (secondary N) is 2. The third kappa shape index (κ3) is 1.04. The lowest BCUT2D eigenvalue weighted by atomic mass is 10.2. The van der Waals surface area contributed by atoms with E-state index in [9.17, 15) is 9.59 Å². The first-order valence-electron chi connectivity index (χ1n) is 5.12. The van der Waals surface area contributed by atoms with E-state index < -0.39 is 0 Å². The van der Waals surface area contributed by atoms with Crippen LogP contribution in [0.3, 0.4) is 0 Å². The predicted octanol–water partition coefficient (Wildman–Crippen LogP) is -0.172. The Bertz CT molecular complexity index is 653. The van der Waals surface area contributed by atoms with Crippen molar-refractivity contribution in [2.75, 3.05) is 0 Å². The average molecular weight is 218 g/mol. The number of carbonyl (C=O) groups is 1. The summed E-state index contributed by atoms with van der Waals surface area (Å²) in [6.45, 7) is 2.25. The molecule has 0 spiro atoms. The number of fused-ring (bicyclic) bond motifs is 2. The quantitative estimate of drug-likeness (QED) is 0.697. The van der Waals surface area contributed by atoms with E-state index in [4.69, 9.17) is 0 Å². The second-order valence-corrected chi connectivity index (χ2v) is 3.76. The predicted molar refractivity (Wildman–Crippen MR) is 56.4 cm³/mol. The molecule has 16 heavy (non-hydrogen) atoms. The fraction of sp³-hybridized carbons (Fsp3) is 0.300. The molecular formula is C10H10N4O2. The van der Waals surface area contributed by atoms with Crippen molar-refractivity contribution in [2.24, 2.45) is 0 Å². The standard InChI is InChI=1S/C10H10N4O2/c1-2-5-3-7-12-8-6(4-11-9(8)15)10(16)14(7)13-5/h3,13H,2,4H2,1H3,(H,11,15). The Balaban J connectivity index is 2.40. The molecule has 0 atom stereocenters. The Kier molecular flexibility index (Phi) is 1.68. The van der Waals surface area contributed by atoms with Gasteiger partial charge in [0.1, 0.15) is 5.69 Å². The summed E-state index contributed by atoms with van der Waals surface area (Å²) >= 11 is 0. The van der Waals surface area contributed by atoms with Crippen LogP contribution in [0.1, 0.15) is 28.7 Å². The second kappa shape index (κ2) is 2.94. The number of hydrogen-bond acceptors (Lipinski definition) is 3. The summed E-state index contributed by atoms with van der Waals surface area (Å²) in [7, 11) is 0. The fourth-order valence-electron chi connectivity index (χ4n) is 1.89. The van der Waals surface area contributed by atoms with E-state index in [0.717, 1.165) is 12.1 Å². The van der Waals surface area contributed by atoms with Crippen molar-refractivity contribution in [3.8, 4) is 0 Å². The molecule has 2 aromatic heterocycles. The van der Waals surface area contributed by atoms with Crippen LogP contribution in [0.25, 0.3) is 5.65 Å². The van der Waals surface area contributed by atoms with Gasteiger partial charge in [0.25, 0.3) is 11.5 Å². The normalized spacial score (nSPS) is 14.2. The highest BCUT2D eigenvalue weighted by molar-refractivity contribution is 5.96. The van der Waals surface area contributed by atoms with E-state index in [-0.39, 0.29) is 23.7 Å². The minimum Gasteiger partial charge on any atom is -0.346 e. The number of H-pyrrole nitrogens is 1. The van der Waals surface area contributed by atoms with Crippen LogP contribution in [-0.2, 0) is 13.0 Å². The van der Waals surface area contributed by atoms with E-state index in [1.165, 1.54) is 4.52 Å². The van der Waals surface area contributed by atoms with Crippen LogP contribution in [0, 0.1) is 0 Å². The van der Waals surface area contributed by atoms with E-state index in [2.05, 4.69) is 15.4 Å². The zero-order chi connectivity index (χ0) is 11.3. The van der Waals surface area contributed by atoms with Gasteiger partial charge in [-0.1, -0.05) is 6.92 Å². The van der Waals surface area contributed by atoms with E-state index in [1.807, 2.05) is 6.92 Å². The molecule has 1 aliphatic heterocycles. The third-order valence-electron chi connectivity index (χ3n) is 2.78. The summed E-state index contributed by atoms with van der Waals surface area (Å²) in [5.41, 5.74) is 1.92. The lowest BCUT2D eigenvalue weighted by Crippen LogP contribution is -2.20. The van der Waals surface area contributed by atoms with E-state index in [0.29, 0.717) is 11.2 Å². The van der Waals surface area contributed by atoms with Crippen molar-refractivity contribution in [3.63, 3.8) is 0 Å². The van der Waals surface area contributed by atoms with Crippen LogP contribution in [0.15, 0.2) is 10.9 Å². The van der Waals surface area contributed by atoms with Gasteiger partial charge in [0.15, 0.2) is 5.65 Å². The topological polar surface area (TPSA) is 79.3 Å². The van der Waals surface area contributed by atoms with Crippen molar-refractivity contribution in [3.05, 3.63) is 33.4 Å². The van der Waals surface area contributed by atoms with Crippen LogP contribution < -0.4 is 10.9 Å². The summed E-state index contributed by atoms with van der Waals surface area (Å²) in [5.74, 6) is -0.270. The number of aromatic nitrogens is 3. The molecule has 82 valence electrons. The molecule has 0 saturated heterocycles. The fourth-order valence-corrected chi connectivity index (χ4v) is 1.89. The van der Waals surface area contributed by atoms with Crippen LogP contribution >= 0.6 is 0 Å². The number of carbonyl (C=O) groups excluding carboxylic acids is 1. The third-order valence-corrected chi connectivity index (χ3v) is 2.78. The molecule has 0 fully saturated rings. The first-order chi connectivity index (χ1) is 7.70. The van der Waals surface area contributed by atoms with Crippen LogP contribution in [0.5, 0.6) is 0 Å². The summed E-state index contributed by atoms with van der Waals surface area (Å²) in [4.78, 5) is 27.6. The van der Waals surface area contributed by atoms with Gasteiger partial charge in [-0.05, 0) is 6.42 Å². The van der Waals surface area contributed by atoms with E-state index in [1.54, 1.807) is 6.07 Å². The van der Waals surface area contributed by atoms with Gasteiger partial charge < -0.3 is 5.32 Å². The molecule has 0 bridgehead atoms. The highest BCUT2D eigenvalue weighted by Gasteiger charge is 2.25. The molecule has 3 heterocycles. The number of nitrogens with zero attached hydrogens (tertiary/aromatic N) is 2. The zero-order valence-corrected chi connectivity index (χ0v) is 8.70. The lowest BCUT2D eigenvalue weighted by Gasteiger charge is -1.96. The molecule has 6 nitrogen and oxygen atoms in total. The van der Waals surface area contributed by atoms with Crippen molar-refractivity contribution in [1.29, 1.82) is 0 Å². The monoisotopic (exact) mass is 218 g/mol. The van der Waals surface area contributed by atoms with Crippen LogP contribution in [-0.4, -0.2) is 20.5 Å². The molecule has 6 heteroatoms. The van der Waals surface area contributed by atoms with Crippen molar-refractivity contribution in [2.45, 2.75) is 19.9 Å². The van der Waals surface area contributed by atoms with Crippen molar-refractivity contribution < 1.29 is 4.79 Å². The van der Waals surface area contributed by atoms with Gasteiger partial charge in [-0.2, -0.15) is 0 Å².